The molecule has 0 radical (unpaired) electrons. The summed E-state index contributed by atoms with van der Waals surface area (Å²) in [6.45, 7) is 8.33. The summed E-state index contributed by atoms with van der Waals surface area (Å²) in [6, 6.07) is 10.3. The Morgan fingerprint density at radius 1 is 1.12 bits per heavy atom. The van der Waals surface area contributed by atoms with Gasteiger partial charge in [0.2, 0.25) is 0 Å². The molecule has 1 aliphatic rings. The van der Waals surface area contributed by atoms with Crippen LogP contribution in [0.1, 0.15) is 47.4 Å². The molecule has 1 saturated heterocycles. The molecule has 4 rings (SSSR count). The van der Waals surface area contributed by atoms with Gasteiger partial charge in [-0.2, -0.15) is 0 Å². The molecule has 32 heavy (non-hydrogen) atoms. The van der Waals surface area contributed by atoms with E-state index in [-0.39, 0.29) is 0 Å². The minimum absolute atomic E-state index is 0.584. The van der Waals surface area contributed by atoms with E-state index in [2.05, 4.69) is 41.2 Å². The van der Waals surface area contributed by atoms with Gasteiger partial charge >= 0.3 is 0 Å². The third kappa shape index (κ3) is 5.98. The molecule has 1 aliphatic heterocycles. The molecule has 0 aromatic carbocycles. The first kappa shape index (κ1) is 23.0. The number of aromatic nitrogens is 3. The van der Waals surface area contributed by atoms with Crippen molar-refractivity contribution in [3.63, 3.8) is 0 Å². The molecule has 0 spiro atoms. The van der Waals surface area contributed by atoms with Gasteiger partial charge in [0.1, 0.15) is 12.0 Å². The summed E-state index contributed by atoms with van der Waals surface area (Å²) in [6.07, 6.45) is 1.50. The number of rotatable bonds is 8. The van der Waals surface area contributed by atoms with Gasteiger partial charge in [0.05, 0.1) is 23.6 Å². The predicted molar refractivity (Wildman–Crippen MR) is 133 cm³/mol. The molecule has 170 valence electrons. The summed E-state index contributed by atoms with van der Waals surface area (Å²) < 4.78 is 14.8. The van der Waals surface area contributed by atoms with Crippen LogP contribution in [0.15, 0.2) is 34.7 Å². The van der Waals surface area contributed by atoms with Gasteiger partial charge in [0, 0.05) is 41.2 Å². The van der Waals surface area contributed by atoms with E-state index >= 15 is 0 Å². The van der Waals surface area contributed by atoms with Crippen LogP contribution in [-0.2, 0) is 18.7 Å². The summed E-state index contributed by atoms with van der Waals surface area (Å²) in [5, 5.41) is 3.44. The zero-order valence-electron chi connectivity index (χ0n) is 18.9. The number of alkyl halides is 1. The van der Waals surface area contributed by atoms with E-state index in [1.807, 2.05) is 25.1 Å². The van der Waals surface area contributed by atoms with E-state index < -0.39 is 6.17 Å². The lowest BCUT2D eigenvalue weighted by Crippen LogP contribution is -2.34. The van der Waals surface area contributed by atoms with Gasteiger partial charge in [0.15, 0.2) is 4.34 Å². The Morgan fingerprint density at radius 2 is 1.94 bits per heavy atom. The van der Waals surface area contributed by atoms with Crippen molar-refractivity contribution >= 4 is 34.6 Å². The lowest BCUT2D eigenvalue weighted by Gasteiger charge is -2.31. The summed E-state index contributed by atoms with van der Waals surface area (Å²) in [5.74, 6) is 1.58. The molecule has 8 heteroatoms. The number of thioether (sulfide) groups is 1. The molecule has 0 atom stereocenters. The summed E-state index contributed by atoms with van der Waals surface area (Å²) in [7, 11) is 0. The first-order valence-corrected chi connectivity index (χ1v) is 13.0. The molecule has 1 fully saturated rings. The molecule has 5 nitrogen and oxygen atoms in total. The Bertz CT molecular complexity index is 1050. The third-order valence-corrected chi connectivity index (χ3v) is 8.07. The Kier molecular flexibility index (Phi) is 7.63. The fourth-order valence-corrected chi connectivity index (χ4v) is 5.90. The smallest absolute Gasteiger partial charge is 0.150 e. The number of hydrogen-bond acceptors (Lipinski definition) is 7. The minimum Gasteiger partial charge on any atom is -0.371 e. The molecule has 0 bridgehead atoms. The molecular formula is C24H30FN5S2. The van der Waals surface area contributed by atoms with E-state index in [4.69, 9.17) is 9.97 Å². The van der Waals surface area contributed by atoms with E-state index in [9.17, 15) is 4.39 Å². The Morgan fingerprint density at radius 3 is 2.66 bits per heavy atom. The highest BCUT2D eigenvalue weighted by molar-refractivity contribution is 8.00. The normalized spacial score (nSPS) is 14.7. The lowest BCUT2D eigenvalue weighted by molar-refractivity contribution is 0.277. The maximum atomic E-state index is 13.7. The maximum Gasteiger partial charge on any atom is 0.150 e. The summed E-state index contributed by atoms with van der Waals surface area (Å²) in [5.41, 5.74) is 5.22. The number of aryl methyl sites for hydroxylation is 3. The summed E-state index contributed by atoms with van der Waals surface area (Å²) >= 11 is 3.50. The highest BCUT2D eigenvalue weighted by Crippen LogP contribution is 2.31. The Balaban J connectivity index is 1.52. The third-order valence-electron chi connectivity index (χ3n) is 5.59. The monoisotopic (exact) mass is 471 g/mol. The SMILES string of the molecule is CCc1sc(SCc2cc(N3CCC(F)CC3)cc(NCc3cccc(C)n3)n2)nc1C. The van der Waals surface area contributed by atoms with Gasteiger partial charge in [-0.25, -0.2) is 14.4 Å². The van der Waals surface area contributed by atoms with Crippen molar-refractivity contribution in [1.29, 1.82) is 0 Å². The molecule has 3 aromatic rings. The van der Waals surface area contributed by atoms with E-state index in [0.717, 1.165) is 63.9 Å². The number of pyridine rings is 2. The largest absolute Gasteiger partial charge is 0.371 e. The van der Waals surface area contributed by atoms with Crippen LogP contribution in [0.25, 0.3) is 0 Å². The maximum absolute atomic E-state index is 13.7. The van der Waals surface area contributed by atoms with Crippen molar-refractivity contribution in [2.45, 2.75) is 62.8 Å². The van der Waals surface area contributed by atoms with Crippen molar-refractivity contribution in [2.24, 2.45) is 0 Å². The second-order valence-corrected chi connectivity index (χ2v) is 10.4. The Labute approximate surface area is 197 Å². The van der Waals surface area contributed by atoms with Crippen LogP contribution < -0.4 is 10.2 Å². The average Bonchev–Trinajstić information content (AvgIpc) is 3.16. The molecule has 0 saturated carbocycles. The van der Waals surface area contributed by atoms with Crippen molar-refractivity contribution < 1.29 is 4.39 Å². The quantitative estimate of drug-likeness (QED) is 0.410. The molecule has 0 amide bonds. The topological polar surface area (TPSA) is 53.9 Å². The van der Waals surface area contributed by atoms with Crippen molar-refractivity contribution in [3.05, 3.63) is 58.0 Å². The van der Waals surface area contributed by atoms with Gasteiger partial charge in [-0.3, -0.25) is 4.98 Å². The van der Waals surface area contributed by atoms with Crippen molar-refractivity contribution in [3.8, 4) is 0 Å². The molecule has 0 unspecified atom stereocenters. The van der Waals surface area contributed by atoms with Crippen LogP contribution in [0.5, 0.6) is 0 Å². The van der Waals surface area contributed by atoms with Crippen LogP contribution in [-0.4, -0.2) is 34.2 Å². The van der Waals surface area contributed by atoms with Crippen LogP contribution >= 0.6 is 23.1 Å². The fourth-order valence-electron chi connectivity index (χ4n) is 3.83. The number of piperidine rings is 1. The van der Waals surface area contributed by atoms with Gasteiger partial charge < -0.3 is 10.2 Å². The predicted octanol–water partition coefficient (Wildman–Crippen LogP) is 5.96. The molecule has 1 N–H and O–H groups in total. The van der Waals surface area contributed by atoms with Crippen LogP contribution in [0.3, 0.4) is 0 Å². The van der Waals surface area contributed by atoms with E-state index in [1.54, 1.807) is 23.1 Å². The molecule has 4 heterocycles. The van der Waals surface area contributed by atoms with Gasteiger partial charge in [-0.1, -0.05) is 24.8 Å². The number of anilines is 2. The number of halogens is 1. The van der Waals surface area contributed by atoms with Crippen LogP contribution in [0.4, 0.5) is 15.9 Å². The van der Waals surface area contributed by atoms with Crippen molar-refractivity contribution in [1.82, 2.24) is 15.0 Å². The average molecular weight is 472 g/mol. The second-order valence-electron chi connectivity index (χ2n) is 8.12. The highest BCUT2D eigenvalue weighted by atomic mass is 32.2. The standard InChI is InChI=1S/C24H30FN5S2/c1-4-22-17(3)28-24(32-22)31-15-20-12-21(30-10-8-18(25)9-11-30)13-23(29-20)26-14-19-7-5-6-16(2)27-19/h5-7,12-13,18H,4,8-11,14-15H2,1-3H3,(H,26,29). The zero-order chi connectivity index (χ0) is 22.5. The summed E-state index contributed by atoms with van der Waals surface area (Å²) in [4.78, 5) is 17.7. The molecule has 0 aliphatic carbocycles. The van der Waals surface area contributed by atoms with Gasteiger partial charge in [-0.15, -0.1) is 11.3 Å². The molecular weight excluding hydrogens is 441 g/mol. The van der Waals surface area contributed by atoms with Gasteiger partial charge in [-0.05, 0) is 51.3 Å². The number of hydrogen-bond donors (Lipinski definition) is 1. The fraction of sp³-hybridized carbons (Fsp3) is 0.458. The zero-order valence-corrected chi connectivity index (χ0v) is 20.5. The van der Waals surface area contributed by atoms with Crippen LogP contribution in [0.2, 0.25) is 0 Å². The lowest BCUT2D eigenvalue weighted by atomic mass is 10.1. The first-order chi connectivity index (χ1) is 15.5. The van der Waals surface area contributed by atoms with E-state index in [1.165, 1.54) is 4.88 Å². The minimum atomic E-state index is -0.686. The first-order valence-electron chi connectivity index (χ1n) is 11.2. The van der Waals surface area contributed by atoms with E-state index in [0.29, 0.717) is 19.4 Å². The number of nitrogens with zero attached hydrogens (tertiary/aromatic N) is 4. The second kappa shape index (κ2) is 10.6. The Hall–Kier alpha value is -2.19. The van der Waals surface area contributed by atoms with Crippen molar-refractivity contribution in [2.75, 3.05) is 23.3 Å². The van der Waals surface area contributed by atoms with Gasteiger partial charge in [0.25, 0.3) is 0 Å². The molecule has 3 aromatic heterocycles. The number of nitrogens with one attached hydrogen (secondary N) is 1. The van der Waals surface area contributed by atoms with Crippen LogP contribution in [0, 0.1) is 13.8 Å². The highest BCUT2D eigenvalue weighted by Gasteiger charge is 2.20. The number of thiazole rings is 1.